The van der Waals surface area contributed by atoms with Gasteiger partial charge in [-0.15, -0.1) is 6.58 Å². The molecule has 0 heterocycles. The number of benzene rings is 1. The lowest BCUT2D eigenvalue weighted by molar-refractivity contribution is 0.0635. The zero-order valence-electron chi connectivity index (χ0n) is 14.4. The van der Waals surface area contributed by atoms with Crippen molar-refractivity contribution < 1.29 is 14.3 Å². The molecule has 0 unspecified atom stereocenters. The van der Waals surface area contributed by atoms with Gasteiger partial charge in [0.05, 0.1) is 20.9 Å². The molecule has 1 aromatic carbocycles. The molecule has 0 aliphatic carbocycles. The summed E-state index contributed by atoms with van der Waals surface area (Å²) in [4.78, 5) is 11.9. The highest BCUT2D eigenvalue weighted by Crippen LogP contribution is 2.25. The zero-order chi connectivity index (χ0) is 17.0. The highest BCUT2D eigenvalue weighted by Gasteiger charge is 2.24. The summed E-state index contributed by atoms with van der Waals surface area (Å²) in [5.41, 5.74) is 0.0831. The molecule has 0 radical (unpaired) electrons. The quantitative estimate of drug-likeness (QED) is 0.655. The molecule has 22 heavy (non-hydrogen) atoms. The first-order valence-corrected chi connectivity index (χ1v) is 10.6. The van der Waals surface area contributed by atoms with Crippen LogP contribution in [0, 0.1) is 0 Å². The molecule has 5 heteroatoms. The van der Waals surface area contributed by atoms with Crippen molar-refractivity contribution in [3.05, 3.63) is 30.9 Å². The van der Waals surface area contributed by atoms with E-state index in [0.29, 0.717) is 11.4 Å². The zero-order valence-corrected chi connectivity index (χ0v) is 15.4. The van der Waals surface area contributed by atoms with Crippen molar-refractivity contribution in [2.75, 3.05) is 12.4 Å². The fourth-order valence-electron chi connectivity index (χ4n) is 2.11. The van der Waals surface area contributed by atoms with Crippen LogP contribution in [0.3, 0.4) is 0 Å². The Bertz CT molecular complexity index is 547. The molecule has 0 bridgehead atoms. The lowest BCUT2D eigenvalue weighted by Crippen LogP contribution is -2.40. The summed E-state index contributed by atoms with van der Waals surface area (Å²) in [5, 5.41) is 4.00. The SMILES string of the molecule is C=CC[Si](C)(C)c1ccc(NC(=O)OC(C)(C)C)c(OC)c1. The van der Waals surface area contributed by atoms with Crippen molar-refractivity contribution in [2.24, 2.45) is 0 Å². The molecular formula is C17H27NO3Si. The molecule has 0 aliphatic heterocycles. The standard InChI is InChI=1S/C17H27NO3Si/c1-8-11-22(6,7)13-9-10-14(15(12-13)20-5)18-16(19)21-17(2,3)4/h8-10,12H,1,11H2,2-7H3,(H,18,19). The molecule has 0 saturated carbocycles. The lowest BCUT2D eigenvalue weighted by atomic mass is 10.2. The molecule has 0 spiro atoms. The third-order valence-corrected chi connectivity index (χ3v) is 6.46. The maximum Gasteiger partial charge on any atom is 0.412 e. The number of rotatable bonds is 5. The highest BCUT2D eigenvalue weighted by molar-refractivity contribution is 6.90. The Hall–Kier alpha value is -1.75. The Morgan fingerprint density at radius 2 is 2.00 bits per heavy atom. The second kappa shape index (κ2) is 7.00. The van der Waals surface area contributed by atoms with Crippen LogP contribution in [0.25, 0.3) is 0 Å². The van der Waals surface area contributed by atoms with Crippen molar-refractivity contribution in [1.29, 1.82) is 0 Å². The van der Waals surface area contributed by atoms with Gasteiger partial charge in [0.15, 0.2) is 0 Å². The van der Waals surface area contributed by atoms with Crippen molar-refractivity contribution in [3.8, 4) is 5.75 Å². The van der Waals surface area contributed by atoms with Crippen LogP contribution in [-0.2, 0) is 4.74 Å². The van der Waals surface area contributed by atoms with Gasteiger partial charge in [0.2, 0.25) is 0 Å². The second-order valence-corrected chi connectivity index (χ2v) is 11.7. The Labute approximate surface area is 134 Å². The summed E-state index contributed by atoms with van der Waals surface area (Å²) in [6, 6.07) is 6.91. The number of hydrogen-bond acceptors (Lipinski definition) is 3. The summed E-state index contributed by atoms with van der Waals surface area (Å²) in [5.74, 6) is 0.646. The van der Waals surface area contributed by atoms with Gasteiger partial charge in [-0.3, -0.25) is 5.32 Å². The van der Waals surface area contributed by atoms with Crippen molar-refractivity contribution in [1.82, 2.24) is 0 Å². The number of amides is 1. The average molecular weight is 321 g/mol. The van der Waals surface area contributed by atoms with E-state index >= 15 is 0 Å². The molecule has 0 saturated heterocycles. The van der Waals surface area contributed by atoms with Gasteiger partial charge in [-0.05, 0) is 38.9 Å². The summed E-state index contributed by atoms with van der Waals surface area (Å²) in [7, 11) is 0.0285. The normalized spacial score (nSPS) is 11.7. The van der Waals surface area contributed by atoms with E-state index in [2.05, 4.69) is 25.0 Å². The minimum absolute atomic E-state index is 0.485. The Kier molecular flexibility index (Phi) is 5.83. The molecule has 1 rings (SSSR count). The van der Waals surface area contributed by atoms with Crippen LogP contribution in [0.4, 0.5) is 10.5 Å². The minimum Gasteiger partial charge on any atom is -0.495 e. The number of anilines is 1. The molecule has 1 amide bonds. The number of methoxy groups -OCH3 is 1. The van der Waals surface area contributed by atoms with Gasteiger partial charge in [-0.2, -0.15) is 0 Å². The van der Waals surface area contributed by atoms with E-state index < -0.39 is 19.8 Å². The molecular weight excluding hydrogens is 294 g/mol. The lowest BCUT2D eigenvalue weighted by Gasteiger charge is -2.23. The topological polar surface area (TPSA) is 47.6 Å². The summed E-state index contributed by atoms with van der Waals surface area (Å²) in [6.07, 6.45) is 1.48. The first-order chi connectivity index (χ1) is 10.1. The number of nitrogens with one attached hydrogen (secondary N) is 1. The third-order valence-electron chi connectivity index (χ3n) is 3.27. The van der Waals surface area contributed by atoms with Gasteiger partial charge in [-0.1, -0.05) is 30.4 Å². The third kappa shape index (κ3) is 5.22. The number of hydrogen-bond donors (Lipinski definition) is 1. The summed E-state index contributed by atoms with van der Waals surface area (Å²) >= 11 is 0. The number of ether oxygens (including phenoxy) is 2. The van der Waals surface area contributed by atoms with Crippen LogP contribution >= 0.6 is 0 Å². The van der Waals surface area contributed by atoms with E-state index in [1.807, 2.05) is 45.0 Å². The summed E-state index contributed by atoms with van der Waals surface area (Å²) < 4.78 is 10.7. The largest absolute Gasteiger partial charge is 0.495 e. The van der Waals surface area contributed by atoms with Crippen molar-refractivity contribution in [2.45, 2.75) is 45.5 Å². The number of allylic oxidation sites excluding steroid dienone is 1. The number of carbonyl (C=O) groups is 1. The predicted molar refractivity (Wildman–Crippen MR) is 95.0 cm³/mol. The summed E-state index contributed by atoms with van der Waals surface area (Å²) in [6.45, 7) is 13.9. The van der Waals surface area contributed by atoms with Gasteiger partial charge in [-0.25, -0.2) is 4.79 Å². The Morgan fingerprint density at radius 3 is 2.50 bits per heavy atom. The van der Waals surface area contributed by atoms with E-state index in [-0.39, 0.29) is 0 Å². The average Bonchev–Trinajstić information content (AvgIpc) is 2.36. The monoisotopic (exact) mass is 321 g/mol. The fraction of sp³-hybridized carbons (Fsp3) is 0.471. The van der Waals surface area contributed by atoms with Gasteiger partial charge in [0, 0.05) is 0 Å². The maximum atomic E-state index is 11.9. The van der Waals surface area contributed by atoms with Gasteiger partial charge in [0.1, 0.15) is 11.4 Å². The molecule has 4 nitrogen and oxygen atoms in total. The Morgan fingerprint density at radius 1 is 1.36 bits per heavy atom. The van der Waals surface area contributed by atoms with Crippen LogP contribution in [0.2, 0.25) is 19.1 Å². The van der Waals surface area contributed by atoms with Crippen LogP contribution in [0.5, 0.6) is 5.75 Å². The molecule has 0 fully saturated rings. The van der Waals surface area contributed by atoms with E-state index in [9.17, 15) is 4.79 Å². The van der Waals surface area contributed by atoms with E-state index in [1.165, 1.54) is 5.19 Å². The molecule has 0 atom stereocenters. The van der Waals surface area contributed by atoms with Gasteiger partial charge < -0.3 is 9.47 Å². The molecule has 0 aromatic heterocycles. The molecule has 1 N–H and O–H groups in total. The molecule has 1 aromatic rings. The predicted octanol–water partition coefficient (Wildman–Crippen LogP) is 4.14. The van der Waals surface area contributed by atoms with Crippen LogP contribution < -0.4 is 15.2 Å². The van der Waals surface area contributed by atoms with E-state index in [4.69, 9.17) is 9.47 Å². The van der Waals surface area contributed by atoms with Crippen LogP contribution in [-0.4, -0.2) is 26.9 Å². The van der Waals surface area contributed by atoms with Crippen molar-refractivity contribution >= 4 is 25.0 Å². The van der Waals surface area contributed by atoms with E-state index in [0.717, 1.165) is 6.04 Å². The smallest absolute Gasteiger partial charge is 0.412 e. The highest BCUT2D eigenvalue weighted by atomic mass is 28.3. The first-order valence-electron chi connectivity index (χ1n) is 7.38. The van der Waals surface area contributed by atoms with Crippen molar-refractivity contribution in [3.63, 3.8) is 0 Å². The first kappa shape index (κ1) is 18.3. The van der Waals surface area contributed by atoms with E-state index in [1.54, 1.807) is 7.11 Å². The van der Waals surface area contributed by atoms with Gasteiger partial charge >= 0.3 is 6.09 Å². The molecule has 122 valence electrons. The minimum atomic E-state index is -1.57. The van der Waals surface area contributed by atoms with Crippen LogP contribution in [0.1, 0.15) is 20.8 Å². The number of carbonyl (C=O) groups excluding carboxylic acids is 1. The fourth-order valence-corrected chi connectivity index (χ4v) is 4.12. The van der Waals surface area contributed by atoms with Gasteiger partial charge in [0.25, 0.3) is 0 Å². The molecule has 0 aliphatic rings. The second-order valence-electron chi connectivity index (χ2n) is 6.92. The van der Waals surface area contributed by atoms with Crippen LogP contribution in [0.15, 0.2) is 30.9 Å². The Balaban J connectivity index is 2.99. The maximum absolute atomic E-state index is 11.9.